The monoisotopic (exact) mass is 196 g/mol. The number of carbonyl (C=O) groups is 1. The van der Waals surface area contributed by atoms with Crippen molar-refractivity contribution in [1.82, 2.24) is 21.7 Å². The molecule has 1 heterocycles. The van der Waals surface area contributed by atoms with Crippen LogP contribution in [0.5, 0.6) is 0 Å². The fraction of sp³-hybridized carbons (Fsp3) is 0.125. The maximum Gasteiger partial charge on any atom is 0.343 e. The number of halogens is 1. The Balaban J connectivity index is 2.08. The third kappa shape index (κ3) is 1.81. The highest BCUT2D eigenvalue weighted by Gasteiger charge is 2.16. The van der Waals surface area contributed by atoms with E-state index in [4.69, 9.17) is 0 Å². The SMILES string of the molecule is O=C1NNC(c2ccc(F)cc2)NN1. The van der Waals surface area contributed by atoms with Crippen LogP contribution in [0.3, 0.4) is 0 Å². The van der Waals surface area contributed by atoms with E-state index >= 15 is 0 Å². The van der Waals surface area contributed by atoms with Crippen molar-refractivity contribution in [3.63, 3.8) is 0 Å². The molecule has 2 amide bonds. The Kier molecular flexibility index (Phi) is 2.30. The summed E-state index contributed by atoms with van der Waals surface area (Å²) in [6, 6.07) is 5.60. The van der Waals surface area contributed by atoms with Crippen LogP contribution in [0.25, 0.3) is 0 Å². The van der Waals surface area contributed by atoms with Crippen LogP contribution in [0.1, 0.15) is 11.7 Å². The van der Waals surface area contributed by atoms with E-state index in [1.165, 1.54) is 12.1 Å². The van der Waals surface area contributed by atoms with Gasteiger partial charge in [0.15, 0.2) is 0 Å². The largest absolute Gasteiger partial charge is 0.343 e. The minimum absolute atomic E-state index is 0.270. The van der Waals surface area contributed by atoms with E-state index in [1.54, 1.807) is 12.1 Å². The second-order valence-corrected chi connectivity index (χ2v) is 2.85. The summed E-state index contributed by atoms with van der Waals surface area (Å²) in [5.74, 6) is -0.290. The summed E-state index contributed by atoms with van der Waals surface area (Å²) in [7, 11) is 0. The van der Waals surface area contributed by atoms with Gasteiger partial charge in [-0.05, 0) is 17.7 Å². The van der Waals surface area contributed by atoms with E-state index in [2.05, 4.69) is 21.7 Å². The maximum atomic E-state index is 12.6. The third-order valence-electron chi connectivity index (χ3n) is 1.86. The van der Waals surface area contributed by atoms with E-state index in [0.717, 1.165) is 5.56 Å². The van der Waals surface area contributed by atoms with Gasteiger partial charge in [-0.25, -0.2) is 20.0 Å². The predicted molar refractivity (Wildman–Crippen MR) is 47.1 cm³/mol. The highest BCUT2D eigenvalue weighted by Crippen LogP contribution is 2.10. The first-order valence-electron chi connectivity index (χ1n) is 4.08. The second-order valence-electron chi connectivity index (χ2n) is 2.85. The third-order valence-corrected chi connectivity index (χ3v) is 1.86. The quantitative estimate of drug-likeness (QED) is 0.517. The van der Waals surface area contributed by atoms with E-state index in [0.29, 0.717) is 0 Å². The van der Waals surface area contributed by atoms with E-state index < -0.39 is 0 Å². The number of hydrogen-bond donors (Lipinski definition) is 4. The fourth-order valence-electron chi connectivity index (χ4n) is 1.16. The molecule has 74 valence electrons. The average Bonchev–Trinajstić information content (AvgIpc) is 2.21. The molecule has 4 N–H and O–H groups in total. The predicted octanol–water partition coefficient (Wildman–Crippen LogP) is 0.146. The minimum Gasteiger partial charge on any atom is -0.270 e. The summed E-state index contributed by atoms with van der Waals surface area (Å²) < 4.78 is 12.6. The van der Waals surface area contributed by atoms with Crippen LogP contribution < -0.4 is 21.7 Å². The van der Waals surface area contributed by atoms with Crippen molar-refractivity contribution in [2.24, 2.45) is 0 Å². The van der Waals surface area contributed by atoms with E-state index in [1.807, 2.05) is 0 Å². The summed E-state index contributed by atoms with van der Waals surface area (Å²) in [5.41, 5.74) is 11.0. The zero-order valence-corrected chi connectivity index (χ0v) is 7.17. The number of rotatable bonds is 1. The van der Waals surface area contributed by atoms with Gasteiger partial charge >= 0.3 is 6.03 Å². The molecule has 5 nitrogen and oxygen atoms in total. The molecule has 2 rings (SSSR count). The number of benzene rings is 1. The molecule has 1 fully saturated rings. The lowest BCUT2D eigenvalue weighted by molar-refractivity contribution is 0.204. The minimum atomic E-state index is -0.358. The summed E-state index contributed by atoms with van der Waals surface area (Å²) in [4.78, 5) is 10.7. The van der Waals surface area contributed by atoms with Crippen LogP contribution in [-0.4, -0.2) is 6.03 Å². The number of urea groups is 1. The van der Waals surface area contributed by atoms with Crippen molar-refractivity contribution in [3.8, 4) is 0 Å². The molecule has 0 aliphatic carbocycles. The second kappa shape index (κ2) is 3.60. The molecule has 6 heteroatoms. The Hall–Kier alpha value is -1.66. The van der Waals surface area contributed by atoms with Gasteiger partial charge in [-0.2, -0.15) is 0 Å². The Bertz CT molecular complexity index is 330. The molecule has 0 spiro atoms. The van der Waals surface area contributed by atoms with Crippen molar-refractivity contribution in [1.29, 1.82) is 0 Å². The number of nitrogens with one attached hydrogen (secondary N) is 4. The van der Waals surface area contributed by atoms with E-state index in [-0.39, 0.29) is 18.0 Å². The molecule has 0 atom stereocenters. The van der Waals surface area contributed by atoms with Crippen molar-refractivity contribution >= 4 is 6.03 Å². The molecular formula is C8H9FN4O. The molecule has 1 aromatic rings. The van der Waals surface area contributed by atoms with Gasteiger partial charge in [0.05, 0.1) is 0 Å². The van der Waals surface area contributed by atoms with Crippen LogP contribution in [-0.2, 0) is 0 Å². The average molecular weight is 196 g/mol. The number of hydrogen-bond acceptors (Lipinski definition) is 3. The molecule has 0 aromatic heterocycles. The lowest BCUT2D eigenvalue weighted by atomic mass is 10.2. The van der Waals surface area contributed by atoms with Crippen molar-refractivity contribution in [3.05, 3.63) is 35.6 Å². The Morgan fingerprint density at radius 1 is 1.07 bits per heavy atom. The van der Waals surface area contributed by atoms with E-state index in [9.17, 15) is 9.18 Å². The van der Waals surface area contributed by atoms with Crippen molar-refractivity contribution in [2.45, 2.75) is 6.17 Å². The molecule has 14 heavy (non-hydrogen) atoms. The molecule has 0 bridgehead atoms. The molecule has 1 aliphatic heterocycles. The lowest BCUT2D eigenvalue weighted by Crippen LogP contribution is -2.61. The normalized spacial score (nSPS) is 17.4. The van der Waals surface area contributed by atoms with Gasteiger partial charge in [0.2, 0.25) is 0 Å². The zero-order chi connectivity index (χ0) is 9.97. The molecule has 1 aromatic carbocycles. The topological polar surface area (TPSA) is 65.2 Å². The molecule has 0 unspecified atom stereocenters. The smallest absolute Gasteiger partial charge is 0.270 e. The Morgan fingerprint density at radius 2 is 1.64 bits per heavy atom. The van der Waals surface area contributed by atoms with Gasteiger partial charge in [0.25, 0.3) is 0 Å². The summed E-state index contributed by atoms with van der Waals surface area (Å²) in [6.07, 6.45) is -0.270. The van der Waals surface area contributed by atoms with Gasteiger partial charge in [-0.15, -0.1) is 0 Å². The van der Waals surface area contributed by atoms with Crippen LogP contribution in [0.15, 0.2) is 24.3 Å². The summed E-state index contributed by atoms with van der Waals surface area (Å²) in [6.45, 7) is 0. The van der Waals surface area contributed by atoms with Crippen molar-refractivity contribution < 1.29 is 9.18 Å². The highest BCUT2D eigenvalue weighted by molar-refractivity contribution is 5.73. The molecule has 0 radical (unpaired) electrons. The van der Waals surface area contributed by atoms with Crippen LogP contribution in [0, 0.1) is 5.82 Å². The number of carbonyl (C=O) groups excluding carboxylic acids is 1. The van der Waals surface area contributed by atoms with Crippen molar-refractivity contribution in [2.75, 3.05) is 0 Å². The first-order valence-corrected chi connectivity index (χ1v) is 4.08. The summed E-state index contributed by atoms with van der Waals surface area (Å²) >= 11 is 0. The number of hydrazine groups is 2. The number of amides is 2. The first kappa shape index (κ1) is 8.92. The molecular weight excluding hydrogens is 187 g/mol. The van der Waals surface area contributed by atoms with Gasteiger partial charge in [-0.3, -0.25) is 10.9 Å². The Morgan fingerprint density at radius 3 is 2.21 bits per heavy atom. The molecule has 1 saturated heterocycles. The van der Waals surface area contributed by atoms with Gasteiger partial charge in [-0.1, -0.05) is 12.1 Å². The van der Waals surface area contributed by atoms with Gasteiger partial charge in [0.1, 0.15) is 12.0 Å². The van der Waals surface area contributed by atoms with Crippen LogP contribution >= 0.6 is 0 Å². The van der Waals surface area contributed by atoms with Gasteiger partial charge < -0.3 is 0 Å². The Labute approximate surface area is 79.6 Å². The molecule has 0 saturated carbocycles. The zero-order valence-electron chi connectivity index (χ0n) is 7.17. The van der Waals surface area contributed by atoms with Gasteiger partial charge in [0, 0.05) is 0 Å². The lowest BCUT2D eigenvalue weighted by Gasteiger charge is -2.26. The fourth-order valence-corrected chi connectivity index (χ4v) is 1.16. The summed E-state index contributed by atoms with van der Waals surface area (Å²) in [5, 5.41) is 0. The first-order chi connectivity index (χ1) is 6.75. The van der Waals surface area contributed by atoms with Crippen LogP contribution in [0.2, 0.25) is 0 Å². The highest BCUT2D eigenvalue weighted by atomic mass is 19.1. The standard InChI is InChI=1S/C8H9FN4O/c9-6-3-1-5(2-4-6)7-10-12-8(14)13-11-7/h1-4,7,10-11H,(H2,12,13,14). The van der Waals surface area contributed by atoms with Crippen LogP contribution in [0.4, 0.5) is 9.18 Å². The maximum absolute atomic E-state index is 12.6. The molecule has 1 aliphatic rings.